The first-order chi connectivity index (χ1) is 9.73. The maximum atomic E-state index is 12.0. The molecule has 3 aliphatic rings. The van der Waals surface area contributed by atoms with E-state index >= 15 is 0 Å². The third-order valence-corrected chi connectivity index (χ3v) is 5.39. The molecule has 1 aliphatic carbocycles. The second kappa shape index (κ2) is 6.02. The van der Waals surface area contributed by atoms with Crippen molar-refractivity contribution in [3.63, 3.8) is 0 Å². The number of rotatable bonds is 5. The van der Waals surface area contributed by atoms with E-state index in [0.29, 0.717) is 12.1 Å². The molecule has 2 aliphatic heterocycles. The number of piperidine rings is 1. The minimum absolute atomic E-state index is 0.174. The third-order valence-electron chi connectivity index (χ3n) is 5.39. The average molecular weight is 280 g/mol. The topological polar surface area (TPSA) is 32.8 Å². The van der Waals surface area contributed by atoms with E-state index in [4.69, 9.17) is 4.74 Å². The molecule has 0 unspecified atom stereocenters. The summed E-state index contributed by atoms with van der Waals surface area (Å²) >= 11 is 0. The number of hydrogen-bond acceptors (Lipinski definition) is 3. The van der Waals surface area contributed by atoms with Crippen LogP contribution in [-0.4, -0.2) is 60.6 Å². The van der Waals surface area contributed by atoms with Gasteiger partial charge in [-0.25, -0.2) is 0 Å². The Morgan fingerprint density at radius 2 is 1.95 bits per heavy atom. The predicted molar refractivity (Wildman–Crippen MR) is 78.6 cm³/mol. The molecular formula is C16H28N2O2. The summed E-state index contributed by atoms with van der Waals surface area (Å²) in [6.45, 7) is 7.26. The number of carbonyl (C=O) groups excluding carboxylic acids is 1. The van der Waals surface area contributed by atoms with Crippen LogP contribution in [0.1, 0.15) is 45.4 Å². The minimum Gasteiger partial charge on any atom is -0.372 e. The second-order valence-electron chi connectivity index (χ2n) is 6.74. The van der Waals surface area contributed by atoms with Gasteiger partial charge >= 0.3 is 0 Å². The fourth-order valence-corrected chi connectivity index (χ4v) is 3.91. The Labute approximate surface area is 122 Å². The Bertz CT molecular complexity index is 346. The van der Waals surface area contributed by atoms with E-state index < -0.39 is 0 Å². The zero-order chi connectivity index (χ0) is 14.0. The normalized spacial score (nSPS) is 26.4. The second-order valence-corrected chi connectivity index (χ2v) is 6.74. The van der Waals surface area contributed by atoms with Crippen LogP contribution in [0.3, 0.4) is 0 Å². The highest BCUT2D eigenvalue weighted by Crippen LogP contribution is 2.41. The monoisotopic (exact) mass is 280 g/mol. The van der Waals surface area contributed by atoms with Gasteiger partial charge in [0, 0.05) is 31.8 Å². The summed E-state index contributed by atoms with van der Waals surface area (Å²) in [6.07, 6.45) is 7.89. The van der Waals surface area contributed by atoms with E-state index in [0.717, 1.165) is 31.8 Å². The molecule has 0 aromatic rings. The molecule has 0 atom stereocenters. The highest BCUT2D eigenvalue weighted by atomic mass is 16.5. The standard InChI is InChI=1S/C16H28N2O2/c1-2-20-13-15(19)17-10-7-16(8-11-17)6-3-9-18(16)12-14-4-5-14/h14H,2-13H2,1H3. The quantitative estimate of drug-likeness (QED) is 0.771. The maximum Gasteiger partial charge on any atom is 0.248 e. The van der Waals surface area contributed by atoms with Gasteiger partial charge in [-0.1, -0.05) is 0 Å². The molecule has 20 heavy (non-hydrogen) atoms. The summed E-state index contributed by atoms with van der Waals surface area (Å²) < 4.78 is 5.25. The Balaban J connectivity index is 1.52. The molecule has 1 saturated carbocycles. The summed E-state index contributed by atoms with van der Waals surface area (Å²) in [4.78, 5) is 16.8. The van der Waals surface area contributed by atoms with Crippen LogP contribution in [-0.2, 0) is 9.53 Å². The van der Waals surface area contributed by atoms with Gasteiger partial charge in [0.25, 0.3) is 0 Å². The van der Waals surface area contributed by atoms with Gasteiger partial charge in [-0.2, -0.15) is 0 Å². The van der Waals surface area contributed by atoms with Crippen molar-refractivity contribution in [2.24, 2.45) is 5.92 Å². The Morgan fingerprint density at radius 3 is 2.60 bits per heavy atom. The van der Waals surface area contributed by atoms with Crippen molar-refractivity contribution in [3.8, 4) is 0 Å². The largest absolute Gasteiger partial charge is 0.372 e. The van der Waals surface area contributed by atoms with Crippen molar-refractivity contribution in [1.82, 2.24) is 9.80 Å². The van der Waals surface area contributed by atoms with Crippen LogP contribution in [0.4, 0.5) is 0 Å². The summed E-state index contributed by atoms with van der Waals surface area (Å²) in [5.41, 5.74) is 0.422. The predicted octanol–water partition coefficient (Wildman–Crippen LogP) is 1.89. The number of hydrogen-bond donors (Lipinski definition) is 0. The molecule has 0 bridgehead atoms. The van der Waals surface area contributed by atoms with Gasteiger partial charge in [0.15, 0.2) is 0 Å². The van der Waals surface area contributed by atoms with Crippen molar-refractivity contribution < 1.29 is 9.53 Å². The zero-order valence-corrected chi connectivity index (χ0v) is 12.8. The van der Waals surface area contributed by atoms with Crippen molar-refractivity contribution in [3.05, 3.63) is 0 Å². The summed E-state index contributed by atoms with van der Waals surface area (Å²) in [5, 5.41) is 0. The van der Waals surface area contributed by atoms with Gasteiger partial charge in [-0.3, -0.25) is 9.69 Å². The molecule has 4 nitrogen and oxygen atoms in total. The van der Waals surface area contributed by atoms with Crippen molar-refractivity contribution in [1.29, 1.82) is 0 Å². The Kier molecular flexibility index (Phi) is 4.32. The van der Waals surface area contributed by atoms with Crippen molar-refractivity contribution in [2.75, 3.05) is 39.4 Å². The average Bonchev–Trinajstić information content (AvgIpc) is 3.21. The molecule has 4 heteroatoms. The molecule has 2 heterocycles. The SMILES string of the molecule is CCOCC(=O)N1CCC2(CCCN2CC2CC2)CC1. The first-order valence-electron chi connectivity index (χ1n) is 8.34. The molecule has 2 saturated heterocycles. The third kappa shape index (κ3) is 3.01. The summed E-state index contributed by atoms with van der Waals surface area (Å²) in [5.74, 6) is 1.15. The van der Waals surface area contributed by atoms with E-state index in [1.807, 2.05) is 11.8 Å². The van der Waals surface area contributed by atoms with E-state index in [-0.39, 0.29) is 12.5 Å². The summed E-state index contributed by atoms with van der Waals surface area (Å²) in [7, 11) is 0. The van der Waals surface area contributed by atoms with Crippen LogP contribution in [0, 0.1) is 5.92 Å². The van der Waals surface area contributed by atoms with Gasteiger partial charge in [-0.15, -0.1) is 0 Å². The van der Waals surface area contributed by atoms with Gasteiger partial charge in [-0.05, 0) is 57.9 Å². The number of carbonyl (C=O) groups is 1. The van der Waals surface area contributed by atoms with E-state index in [9.17, 15) is 4.79 Å². The van der Waals surface area contributed by atoms with Gasteiger partial charge < -0.3 is 9.64 Å². The molecule has 0 aromatic heterocycles. The molecule has 1 spiro atoms. The van der Waals surface area contributed by atoms with Crippen LogP contribution >= 0.6 is 0 Å². The van der Waals surface area contributed by atoms with Crippen LogP contribution in [0.5, 0.6) is 0 Å². The number of ether oxygens (including phenoxy) is 1. The van der Waals surface area contributed by atoms with E-state index in [1.165, 1.54) is 38.8 Å². The van der Waals surface area contributed by atoms with Crippen LogP contribution < -0.4 is 0 Å². The fourth-order valence-electron chi connectivity index (χ4n) is 3.91. The molecule has 0 N–H and O–H groups in total. The molecule has 114 valence electrons. The van der Waals surface area contributed by atoms with Crippen LogP contribution in [0.25, 0.3) is 0 Å². The lowest BCUT2D eigenvalue weighted by Gasteiger charge is -2.45. The van der Waals surface area contributed by atoms with E-state index in [1.54, 1.807) is 0 Å². The first kappa shape index (κ1) is 14.3. The minimum atomic E-state index is 0.174. The van der Waals surface area contributed by atoms with Crippen LogP contribution in [0.2, 0.25) is 0 Å². The first-order valence-corrected chi connectivity index (χ1v) is 8.34. The van der Waals surface area contributed by atoms with Gasteiger partial charge in [0.2, 0.25) is 5.91 Å². The van der Waals surface area contributed by atoms with Crippen molar-refractivity contribution >= 4 is 5.91 Å². The lowest BCUT2D eigenvalue weighted by molar-refractivity contribution is -0.138. The molecule has 3 rings (SSSR count). The fraction of sp³-hybridized carbons (Fsp3) is 0.938. The lowest BCUT2D eigenvalue weighted by atomic mass is 9.84. The van der Waals surface area contributed by atoms with E-state index in [2.05, 4.69) is 4.90 Å². The molecule has 1 amide bonds. The molecule has 0 aromatic carbocycles. The number of amides is 1. The number of likely N-dealkylation sites (tertiary alicyclic amines) is 2. The Morgan fingerprint density at radius 1 is 1.20 bits per heavy atom. The molecular weight excluding hydrogens is 252 g/mol. The molecule has 3 fully saturated rings. The molecule has 0 radical (unpaired) electrons. The summed E-state index contributed by atoms with van der Waals surface area (Å²) in [6, 6.07) is 0. The highest BCUT2D eigenvalue weighted by molar-refractivity contribution is 5.77. The maximum absolute atomic E-state index is 12.0. The highest BCUT2D eigenvalue weighted by Gasteiger charge is 2.45. The van der Waals surface area contributed by atoms with Gasteiger partial charge in [0.1, 0.15) is 6.61 Å². The number of nitrogens with zero attached hydrogens (tertiary/aromatic N) is 2. The lowest BCUT2D eigenvalue weighted by Crippen LogP contribution is -2.54. The van der Waals surface area contributed by atoms with Crippen molar-refractivity contribution in [2.45, 2.75) is 51.0 Å². The van der Waals surface area contributed by atoms with Gasteiger partial charge in [0.05, 0.1) is 0 Å². The smallest absolute Gasteiger partial charge is 0.248 e. The van der Waals surface area contributed by atoms with Crippen LogP contribution in [0.15, 0.2) is 0 Å². The zero-order valence-electron chi connectivity index (χ0n) is 12.8. The Hall–Kier alpha value is -0.610.